The van der Waals surface area contributed by atoms with Gasteiger partial charge in [0.15, 0.2) is 11.6 Å². The second-order valence-electron chi connectivity index (χ2n) is 4.75. The van der Waals surface area contributed by atoms with Crippen LogP contribution >= 0.6 is 0 Å². The van der Waals surface area contributed by atoms with Gasteiger partial charge in [-0.1, -0.05) is 20.3 Å². The van der Waals surface area contributed by atoms with Crippen molar-refractivity contribution in [1.82, 2.24) is 9.97 Å². The van der Waals surface area contributed by atoms with Gasteiger partial charge in [-0.15, -0.1) is 0 Å². The van der Waals surface area contributed by atoms with E-state index in [0.29, 0.717) is 23.9 Å². The summed E-state index contributed by atoms with van der Waals surface area (Å²) in [5, 5.41) is 3.20. The van der Waals surface area contributed by atoms with Crippen molar-refractivity contribution in [3.8, 4) is 5.75 Å². The molecule has 0 saturated heterocycles. The number of nitrogens with one attached hydrogen (secondary N) is 1. The minimum Gasteiger partial charge on any atom is -0.490 e. The van der Waals surface area contributed by atoms with Gasteiger partial charge in [0.05, 0.1) is 13.7 Å². The zero-order valence-electron chi connectivity index (χ0n) is 13.1. The minimum absolute atomic E-state index is 0.112. The van der Waals surface area contributed by atoms with Gasteiger partial charge in [0.25, 0.3) is 0 Å². The maximum Gasteiger partial charge on any atom is 0.237 e. The molecule has 0 radical (unpaired) electrons. The number of rotatable bonds is 10. The first-order valence-corrected chi connectivity index (χ1v) is 7.30. The highest BCUT2D eigenvalue weighted by Crippen LogP contribution is 2.31. The molecular weight excluding hydrogens is 270 g/mol. The highest BCUT2D eigenvalue weighted by Gasteiger charge is 2.19. The second-order valence-corrected chi connectivity index (χ2v) is 4.75. The van der Waals surface area contributed by atoms with Crippen LogP contribution in [0.3, 0.4) is 0 Å². The molecule has 0 aliphatic rings. The normalized spacial score (nSPS) is 10.2. The Labute approximate surface area is 125 Å². The van der Waals surface area contributed by atoms with E-state index in [-0.39, 0.29) is 6.54 Å². The number of ether oxygens (including phenoxy) is 1. The standard InChI is InChI=1S/C14H25N5O2/c1-4-6-8-19(9-11(15)20)14-12(21-3)13(16-7-5-2)17-10-18-14/h10H,4-9H2,1-3H3,(H2,15,20)(H,16,17,18). The molecule has 7 nitrogen and oxygen atoms in total. The van der Waals surface area contributed by atoms with Crippen molar-refractivity contribution in [2.75, 3.05) is 37.0 Å². The van der Waals surface area contributed by atoms with Crippen LogP contribution in [-0.4, -0.2) is 42.6 Å². The molecule has 1 aromatic heterocycles. The molecule has 0 bridgehead atoms. The van der Waals surface area contributed by atoms with E-state index >= 15 is 0 Å². The van der Waals surface area contributed by atoms with Crippen molar-refractivity contribution in [3.63, 3.8) is 0 Å². The molecule has 1 amide bonds. The summed E-state index contributed by atoms with van der Waals surface area (Å²) in [4.78, 5) is 21.6. The molecule has 0 atom stereocenters. The van der Waals surface area contributed by atoms with Crippen molar-refractivity contribution in [2.24, 2.45) is 5.73 Å². The fourth-order valence-electron chi connectivity index (χ4n) is 1.94. The number of hydrogen-bond acceptors (Lipinski definition) is 6. The van der Waals surface area contributed by atoms with Gasteiger partial charge in [-0.05, 0) is 12.8 Å². The van der Waals surface area contributed by atoms with Crippen LogP contribution in [0.1, 0.15) is 33.1 Å². The van der Waals surface area contributed by atoms with Crippen LogP contribution < -0.4 is 20.7 Å². The number of amides is 1. The number of nitrogens with zero attached hydrogens (tertiary/aromatic N) is 3. The summed E-state index contributed by atoms with van der Waals surface area (Å²) in [6, 6.07) is 0. The monoisotopic (exact) mass is 295 g/mol. The van der Waals surface area contributed by atoms with E-state index in [1.165, 1.54) is 6.33 Å². The Morgan fingerprint density at radius 3 is 2.71 bits per heavy atom. The van der Waals surface area contributed by atoms with Gasteiger partial charge in [-0.3, -0.25) is 4.79 Å². The quantitative estimate of drug-likeness (QED) is 0.677. The highest BCUT2D eigenvalue weighted by molar-refractivity contribution is 5.80. The van der Waals surface area contributed by atoms with E-state index in [1.54, 1.807) is 7.11 Å². The average molecular weight is 295 g/mol. The van der Waals surface area contributed by atoms with Crippen LogP contribution in [0.5, 0.6) is 5.75 Å². The van der Waals surface area contributed by atoms with Gasteiger partial charge < -0.3 is 20.7 Å². The number of methoxy groups -OCH3 is 1. The number of primary amides is 1. The van der Waals surface area contributed by atoms with Crippen LogP contribution in [0.2, 0.25) is 0 Å². The number of nitrogens with two attached hydrogens (primary N) is 1. The third-order valence-electron chi connectivity index (χ3n) is 2.96. The summed E-state index contributed by atoms with van der Waals surface area (Å²) in [7, 11) is 1.57. The molecule has 0 unspecified atom stereocenters. The molecule has 0 fully saturated rings. The van der Waals surface area contributed by atoms with Crippen molar-refractivity contribution in [3.05, 3.63) is 6.33 Å². The van der Waals surface area contributed by atoms with Crippen molar-refractivity contribution in [1.29, 1.82) is 0 Å². The van der Waals surface area contributed by atoms with Gasteiger partial charge in [0.1, 0.15) is 6.33 Å². The SMILES string of the molecule is CCCCN(CC(N)=O)c1ncnc(NCCC)c1OC. The molecule has 118 valence electrons. The summed E-state index contributed by atoms with van der Waals surface area (Å²) < 4.78 is 5.43. The lowest BCUT2D eigenvalue weighted by molar-refractivity contribution is -0.116. The molecule has 7 heteroatoms. The minimum atomic E-state index is -0.394. The van der Waals surface area contributed by atoms with E-state index in [2.05, 4.69) is 29.1 Å². The van der Waals surface area contributed by atoms with Gasteiger partial charge in [0.2, 0.25) is 11.7 Å². The van der Waals surface area contributed by atoms with E-state index in [0.717, 1.165) is 25.8 Å². The molecule has 21 heavy (non-hydrogen) atoms. The first-order chi connectivity index (χ1) is 10.1. The number of hydrogen-bond donors (Lipinski definition) is 2. The van der Waals surface area contributed by atoms with Gasteiger partial charge in [-0.25, -0.2) is 9.97 Å². The molecular formula is C14H25N5O2. The van der Waals surface area contributed by atoms with E-state index < -0.39 is 5.91 Å². The van der Waals surface area contributed by atoms with E-state index in [9.17, 15) is 4.79 Å². The Bertz CT molecular complexity index is 453. The predicted octanol–water partition coefficient (Wildman–Crippen LogP) is 1.40. The second kappa shape index (κ2) is 8.99. The van der Waals surface area contributed by atoms with Gasteiger partial charge >= 0.3 is 0 Å². The van der Waals surface area contributed by atoms with Crippen LogP contribution in [0, 0.1) is 0 Å². The summed E-state index contributed by atoms with van der Waals surface area (Å²) in [6.45, 7) is 5.76. The maximum atomic E-state index is 11.3. The largest absolute Gasteiger partial charge is 0.490 e. The van der Waals surface area contributed by atoms with Crippen molar-refractivity contribution >= 4 is 17.5 Å². The third kappa shape index (κ3) is 5.09. The average Bonchev–Trinajstić information content (AvgIpc) is 2.48. The topological polar surface area (TPSA) is 93.4 Å². The van der Waals surface area contributed by atoms with Gasteiger partial charge in [-0.2, -0.15) is 0 Å². The van der Waals surface area contributed by atoms with Crippen LogP contribution in [0.4, 0.5) is 11.6 Å². The molecule has 0 spiro atoms. The summed E-state index contributed by atoms with van der Waals surface area (Å²) in [5.74, 6) is 1.38. The van der Waals surface area contributed by atoms with E-state index in [4.69, 9.17) is 10.5 Å². The Balaban J connectivity index is 3.07. The zero-order chi connectivity index (χ0) is 15.7. The Morgan fingerprint density at radius 2 is 2.14 bits per heavy atom. The Morgan fingerprint density at radius 1 is 1.38 bits per heavy atom. The smallest absolute Gasteiger partial charge is 0.237 e. The first-order valence-electron chi connectivity index (χ1n) is 7.30. The van der Waals surface area contributed by atoms with E-state index in [1.807, 2.05) is 4.90 Å². The highest BCUT2D eigenvalue weighted by atomic mass is 16.5. The molecule has 0 aromatic carbocycles. The lowest BCUT2D eigenvalue weighted by Gasteiger charge is -2.24. The Hall–Kier alpha value is -2.05. The fourth-order valence-corrected chi connectivity index (χ4v) is 1.94. The molecule has 3 N–H and O–H groups in total. The molecule has 1 aromatic rings. The summed E-state index contributed by atoms with van der Waals surface area (Å²) >= 11 is 0. The Kier molecular flexibility index (Phi) is 7.28. The fraction of sp³-hybridized carbons (Fsp3) is 0.643. The van der Waals surface area contributed by atoms with Crippen molar-refractivity contribution < 1.29 is 9.53 Å². The van der Waals surface area contributed by atoms with Crippen LogP contribution in [-0.2, 0) is 4.79 Å². The maximum absolute atomic E-state index is 11.3. The summed E-state index contributed by atoms with van der Waals surface area (Å²) in [6.07, 6.45) is 4.40. The lowest BCUT2D eigenvalue weighted by atomic mass is 10.3. The van der Waals surface area contributed by atoms with Crippen molar-refractivity contribution in [2.45, 2.75) is 33.1 Å². The molecule has 0 aliphatic heterocycles. The summed E-state index contributed by atoms with van der Waals surface area (Å²) in [5.41, 5.74) is 5.33. The van der Waals surface area contributed by atoms with Gasteiger partial charge in [0, 0.05) is 13.1 Å². The zero-order valence-corrected chi connectivity index (χ0v) is 13.1. The number of carbonyl (C=O) groups excluding carboxylic acids is 1. The predicted molar refractivity (Wildman–Crippen MR) is 83.7 cm³/mol. The molecule has 1 rings (SSSR count). The molecule has 0 aliphatic carbocycles. The number of carbonyl (C=O) groups is 1. The molecule has 0 saturated carbocycles. The number of unbranched alkanes of at least 4 members (excludes halogenated alkanes) is 1. The first kappa shape index (κ1) is 17.0. The molecule has 1 heterocycles. The lowest BCUT2D eigenvalue weighted by Crippen LogP contribution is -2.35. The van der Waals surface area contributed by atoms with Crippen LogP contribution in [0.25, 0.3) is 0 Å². The number of aromatic nitrogens is 2. The van der Waals surface area contributed by atoms with Crippen LogP contribution in [0.15, 0.2) is 6.33 Å². The third-order valence-corrected chi connectivity index (χ3v) is 2.96. The number of anilines is 2.